The Kier molecular flexibility index (Phi) is 6.79. The van der Waals surface area contributed by atoms with Crippen LogP contribution in [0.15, 0.2) is 12.1 Å². The van der Waals surface area contributed by atoms with Crippen molar-refractivity contribution < 1.29 is 26.8 Å². The predicted octanol–water partition coefficient (Wildman–Crippen LogP) is 1.05. The number of rotatable bonds is 3. The Balaban J connectivity index is 0.000000368. The van der Waals surface area contributed by atoms with E-state index in [9.17, 15) is 12.8 Å². The molecule has 0 saturated carbocycles. The van der Waals surface area contributed by atoms with Gasteiger partial charge in [0.1, 0.15) is 24.3 Å². The van der Waals surface area contributed by atoms with Gasteiger partial charge in [0.25, 0.3) is 10.1 Å². The number of halogens is 1. The summed E-state index contributed by atoms with van der Waals surface area (Å²) >= 11 is 0. The summed E-state index contributed by atoms with van der Waals surface area (Å²) in [5.74, 6) is 0.579. The second kappa shape index (κ2) is 8.61. The summed E-state index contributed by atoms with van der Waals surface area (Å²) in [4.78, 5) is 0. The van der Waals surface area contributed by atoms with Gasteiger partial charge in [-0.1, -0.05) is 0 Å². The van der Waals surface area contributed by atoms with E-state index in [1.54, 1.807) is 6.07 Å². The monoisotopic (exact) mass is 362 g/mol. The Morgan fingerprint density at radius 3 is 2.83 bits per heavy atom. The molecule has 2 aliphatic rings. The lowest BCUT2D eigenvalue weighted by Crippen LogP contribution is -2.41. The fraction of sp³-hybridized carbons (Fsp3) is 0.600. The zero-order chi connectivity index (χ0) is 17.6. The Morgan fingerprint density at radius 2 is 2.17 bits per heavy atom. The second-order valence-corrected chi connectivity index (χ2v) is 7.14. The van der Waals surface area contributed by atoms with Gasteiger partial charge in [-0.05, 0) is 25.0 Å². The van der Waals surface area contributed by atoms with Crippen molar-refractivity contribution in [3.8, 4) is 5.75 Å². The number of nitrogens with one attached hydrogen (secondary N) is 2. The Labute approximate surface area is 141 Å². The maximum atomic E-state index is 13.7. The van der Waals surface area contributed by atoms with Crippen LogP contribution in [0.25, 0.3) is 0 Å². The molecule has 0 bridgehead atoms. The van der Waals surface area contributed by atoms with E-state index >= 15 is 0 Å². The molecule has 1 aromatic rings. The smallest absolute Gasteiger partial charge is 0.261 e. The van der Waals surface area contributed by atoms with Crippen LogP contribution in [0.3, 0.4) is 0 Å². The van der Waals surface area contributed by atoms with Gasteiger partial charge >= 0.3 is 0 Å². The van der Waals surface area contributed by atoms with Crippen LogP contribution in [0.5, 0.6) is 5.75 Å². The summed E-state index contributed by atoms with van der Waals surface area (Å²) in [6, 6.07) is 3.18. The van der Waals surface area contributed by atoms with E-state index in [4.69, 9.17) is 14.0 Å². The molecule has 7 nitrogen and oxygen atoms in total. The fourth-order valence-electron chi connectivity index (χ4n) is 2.55. The molecule has 136 valence electrons. The lowest BCUT2D eigenvalue weighted by Gasteiger charge is -2.26. The van der Waals surface area contributed by atoms with Crippen molar-refractivity contribution in [1.29, 1.82) is 0 Å². The lowest BCUT2D eigenvalue weighted by atomic mass is 10.0. The van der Waals surface area contributed by atoms with Crippen molar-refractivity contribution in [2.75, 3.05) is 44.4 Å². The number of hydrogen-bond donors (Lipinski definition) is 3. The minimum Gasteiger partial charge on any atom is -0.489 e. The van der Waals surface area contributed by atoms with Gasteiger partial charge < -0.3 is 20.1 Å². The van der Waals surface area contributed by atoms with Crippen molar-refractivity contribution in [3.05, 3.63) is 23.5 Å². The zero-order valence-electron chi connectivity index (χ0n) is 13.5. The van der Waals surface area contributed by atoms with Crippen LogP contribution < -0.4 is 15.4 Å². The van der Waals surface area contributed by atoms with Crippen LogP contribution >= 0.6 is 0 Å². The number of hydrogen-bond acceptors (Lipinski definition) is 6. The number of morpholine rings is 1. The highest BCUT2D eigenvalue weighted by molar-refractivity contribution is 7.85. The molecule has 2 heterocycles. The molecule has 2 aliphatic heterocycles. The van der Waals surface area contributed by atoms with E-state index in [2.05, 4.69) is 10.6 Å². The molecule has 0 amide bonds. The zero-order valence-corrected chi connectivity index (χ0v) is 14.4. The topological polar surface area (TPSA) is 96.9 Å². The molecule has 3 rings (SSSR count). The first-order valence-corrected chi connectivity index (χ1v) is 9.62. The summed E-state index contributed by atoms with van der Waals surface area (Å²) < 4.78 is 51.0. The Morgan fingerprint density at radius 1 is 1.42 bits per heavy atom. The summed E-state index contributed by atoms with van der Waals surface area (Å²) in [6.07, 6.45) is 2.51. The highest BCUT2D eigenvalue weighted by atomic mass is 32.2. The van der Waals surface area contributed by atoms with E-state index in [1.807, 2.05) is 0 Å². The van der Waals surface area contributed by atoms with E-state index in [1.165, 1.54) is 6.07 Å². The minimum absolute atomic E-state index is 0.0676. The fourth-order valence-corrected chi connectivity index (χ4v) is 2.55. The van der Waals surface area contributed by atoms with E-state index < -0.39 is 10.1 Å². The first kappa shape index (κ1) is 18.9. The van der Waals surface area contributed by atoms with E-state index in [0.717, 1.165) is 49.5 Å². The molecule has 0 radical (unpaired) electrons. The van der Waals surface area contributed by atoms with E-state index in [0.29, 0.717) is 19.5 Å². The summed E-state index contributed by atoms with van der Waals surface area (Å²) in [5.41, 5.74) is 1.56. The quantitative estimate of drug-likeness (QED) is 0.692. The molecule has 24 heavy (non-hydrogen) atoms. The summed E-state index contributed by atoms with van der Waals surface area (Å²) in [7, 11) is -3.67. The third kappa shape index (κ3) is 6.23. The average Bonchev–Trinajstić information content (AvgIpc) is 2.54. The van der Waals surface area contributed by atoms with Gasteiger partial charge in [-0.15, -0.1) is 0 Å². The summed E-state index contributed by atoms with van der Waals surface area (Å²) in [6.45, 7) is 3.77. The van der Waals surface area contributed by atoms with Gasteiger partial charge in [0.15, 0.2) is 0 Å². The number of ether oxygens (including phenoxy) is 2. The molecule has 1 saturated heterocycles. The molecule has 9 heteroatoms. The van der Waals surface area contributed by atoms with Crippen LogP contribution in [-0.4, -0.2) is 58.2 Å². The number of anilines is 1. The van der Waals surface area contributed by atoms with Gasteiger partial charge in [0.2, 0.25) is 0 Å². The molecule has 0 aromatic heterocycles. The molecule has 0 spiro atoms. The van der Waals surface area contributed by atoms with Gasteiger partial charge in [0, 0.05) is 25.2 Å². The SMILES string of the molecule is CS(=O)(=O)O.Fc1ccc(OC[C@@H]2CNCCO2)c2c1CCCN2. The van der Waals surface area contributed by atoms with E-state index in [-0.39, 0.29) is 11.9 Å². The molecule has 1 aromatic carbocycles. The third-order valence-electron chi connectivity index (χ3n) is 3.55. The molecule has 1 atom stereocenters. The highest BCUT2D eigenvalue weighted by Crippen LogP contribution is 2.34. The van der Waals surface area contributed by atoms with Crippen molar-refractivity contribution in [2.45, 2.75) is 18.9 Å². The van der Waals surface area contributed by atoms with Gasteiger partial charge in [-0.25, -0.2) is 4.39 Å². The molecular weight excluding hydrogens is 339 g/mol. The molecule has 3 N–H and O–H groups in total. The van der Waals surface area contributed by atoms with Crippen molar-refractivity contribution >= 4 is 15.8 Å². The van der Waals surface area contributed by atoms with Crippen LogP contribution in [0.4, 0.5) is 10.1 Å². The minimum atomic E-state index is -3.67. The van der Waals surface area contributed by atoms with Gasteiger partial charge in [-0.3, -0.25) is 4.55 Å². The van der Waals surface area contributed by atoms with Crippen molar-refractivity contribution in [3.63, 3.8) is 0 Å². The number of fused-ring (bicyclic) bond motifs is 1. The molecular formula is C15H23FN2O5S. The Hall–Kier alpha value is -1.42. The van der Waals surface area contributed by atoms with Crippen molar-refractivity contribution in [1.82, 2.24) is 5.32 Å². The van der Waals surface area contributed by atoms with Crippen LogP contribution in [0.2, 0.25) is 0 Å². The third-order valence-corrected chi connectivity index (χ3v) is 3.55. The largest absolute Gasteiger partial charge is 0.489 e. The summed E-state index contributed by atoms with van der Waals surface area (Å²) in [5, 5.41) is 6.50. The maximum absolute atomic E-state index is 13.7. The molecule has 0 aliphatic carbocycles. The standard InChI is InChI=1S/C14H19FN2O2.CH4O3S/c15-12-3-4-13(14-11(12)2-1-5-17-14)19-9-10-8-16-6-7-18-10;1-5(2,3)4/h3-4,10,16-17H,1-2,5-9H2;1H3,(H,2,3,4)/t10-;/m0./s1. The molecule has 0 unspecified atom stereocenters. The Bertz CT molecular complexity index is 640. The predicted molar refractivity (Wildman–Crippen MR) is 88.8 cm³/mol. The first-order valence-electron chi connectivity index (χ1n) is 7.77. The molecule has 1 fully saturated rings. The lowest BCUT2D eigenvalue weighted by molar-refractivity contribution is 0.000308. The average molecular weight is 362 g/mol. The van der Waals surface area contributed by atoms with Crippen LogP contribution in [-0.2, 0) is 21.3 Å². The second-order valence-electron chi connectivity index (χ2n) is 5.67. The van der Waals surface area contributed by atoms with Crippen LogP contribution in [0.1, 0.15) is 12.0 Å². The maximum Gasteiger partial charge on any atom is 0.261 e. The first-order chi connectivity index (χ1) is 11.3. The van der Waals surface area contributed by atoms with Gasteiger partial charge in [-0.2, -0.15) is 8.42 Å². The van der Waals surface area contributed by atoms with Gasteiger partial charge in [0.05, 0.1) is 18.6 Å². The van der Waals surface area contributed by atoms with Crippen molar-refractivity contribution in [2.24, 2.45) is 0 Å². The normalized spacial score (nSPS) is 20.2. The number of benzene rings is 1. The van der Waals surface area contributed by atoms with Crippen LogP contribution in [0, 0.1) is 5.82 Å². The highest BCUT2D eigenvalue weighted by Gasteiger charge is 2.19.